The van der Waals surface area contributed by atoms with E-state index in [2.05, 4.69) is 26.6 Å². The second-order valence-corrected chi connectivity index (χ2v) is 6.77. The minimum atomic E-state index is 0. The van der Waals surface area contributed by atoms with Gasteiger partial charge in [0.25, 0.3) is 0 Å². The van der Waals surface area contributed by atoms with Crippen LogP contribution in [0.25, 0.3) is 0 Å². The first-order valence-corrected chi connectivity index (χ1v) is 9.57. The number of benzene rings is 2. The average molecular weight is 528 g/mol. The second-order valence-electron chi connectivity index (χ2n) is 6.77. The summed E-state index contributed by atoms with van der Waals surface area (Å²) >= 11 is 0. The third-order valence-corrected chi connectivity index (χ3v) is 4.30. The zero-order chi connectivity index (χ0) is 21.1. The van der Waals surface area contributed by atoms with Crippen LogP contribution in [0.4, 0.5) is 0 Å². The van der Waals surface area contributed by atoms with Crippen LogP contribution in [0.5, 0.6) is 17.2 Å². The first kappa shape index (κ1) is 25.8. The van der Waals surface area contributed by atoms with E-state index in [9.17, 15) is 0 Å². The Morgan fingerprint density at radius 3 is 2.20 bits per heavy atom. The Labute approximate surface area is 196 Å². The standard InChI is InChI=1S/C22H32N4O3.HI/c1-23-22(25-16-18-9-10-20(27-4)21(14-18)28-5)24-15-17-7-6-8-19(13-17)29-12-11-26(2)3;/h6-10,13-14H,11-12,15-16H2,1-5H3,(H2,23,24,25);1H. The maximum Gasteiger partial charge on any atom is 0.191 e. The van der Waals surface area contributed by atoms with Crippen molar-refractivity contribution >= 4 is 29.9 Å². The van der Waals surface area contributed by atoms with E-state index in [0.29, 0.717) is 31.2 Å². The lowest BCUT2D eigenvalue weighted by Gasteiger charge is -2.14. The Morgan fingerprint density at radius 2 is 1.60 bits per heavy atom. The fourth-order valence-corrected chi connectivity index (χ4v) is 2.67. The van der Waals surface area contributed by atoms with Crippen LogP contribution in [-0.2, 0) is 13.1 Å². The van der Waals surface area contributed by atoms with Gasteiger partial charge in [-0.15, -0.1) is 24.0 Å². The molecule has 0 amide bonds. The van der Waals surface area contributed by atoms with E-state index in [1.54, 1.807) is 21.3 Å². The van der Waals surface area contributed by atoms with Gasteiger partial charge in [-0.05, 0) is 49.5 Å². The lowest BCUT2D eigenvalue weighted by Crippen LogP contribution is -2.36. The van der Waals surface area contributed by atoms with Crippen LogP contribution in [0.1, 0.15) is 11.1 Å². The van der Waals surface area contributed by atoms with Crippen molar-refractivity contribution in [2.24, 2.45) is 4.99 Å². The van der Waals surface area contributed by atoms with Gasteiger partial charge in [0.15, 0.2) is 17.5 Å². The molecule has 30 heavy (non-hydrogen) atoms. The molecule has 0 saturated heterocycles. The fraction of sp³-hybridized carbons (Fsp3) is 0.409. The van der Waals surface area contributed by atoms with E-state index in [4.69, 9.17) is 14.2 Å². The third-order valence-electron chi connectivity index (χ3n) is 4.30. The van der Waals surface area contributed by atoms with Gasteiger partial charge in [0, 0.05) is 26.7 Å². The molecule has 0 radical (unpaired) electrons. The maximum atomic E-state index is 5.80. The topological polar surface area (TPSA) is 67.4 Å². The molecule has 0 bridgehead atoms. The summed E-state index contributed by atoms with van der Waals surface area (Å²) in [4.78, 5) is 6.38. The number of aliphatic imine (C=N–C) groups is 1. The molecule has 2 aromatic rings. The molecule has 166 valence electrons. The molecule has 0 unspecified atom stereocenters. The van der Waals surface area contributed by atoms with Crippen molar-refractivity contribution in [3.63, 3.8) is 0 Å². The van der Waals surface area contributed by atoms with Gasteiger partial charge in [-0.2, -0.15) is 0 Å². The first-order chi connectivity index (χ1) is 14.0. The van der Waals surface area contributed by atoms with Gasteiger partial charge >= 0.3 is 0 Å². The summed E-state index contributed by atoms with van der Waals surface area (Å²) in [6.45, 7) is 2.82. The molecule has 0 aromatic heterocycles. The van der Waals surface area contributed by atoms with E-state index in [1.165, 1.54) is 0 Å². The van der Waals surface area contributed by atoms with Crippen LogP contribution in [0.2, 0.25) is 0 Å². The van der Waals surface area contributed by atoms with Crippen molar-refractivity contribution in [2.75, 3.05) is 48.5 Å². The second kappa shape index (κ2) is 13.9. The molecule has 0 spiro atoms. The molecule has 0 fully saturated rings. The van der Waals surface area contributed by atoms with Gasteiger partial charge in [-0.1, -0.05) is 18.2 Å². The quantitative estimate of drug-likeness (QED) is 0.281. The molecule has 0 aliphatic heterocycles. The van der Waals surface area contributed by atoms with Crippen molar-refractivity contribution in [2.45, 2.75) is 13.1 Å². The Kier molecular flexibility index (Phi) is 12.0. The summed E-state index contributed by atoms with van der Waals surface area (Å²) in [6, 6.07) is 13.9. The van der Waals surface area contributed by atoms with Crippen LogP contribution < -0.4 is 24.8 Å². The highest BCUT2D eigenvalue weighted by molar-refractivity contribution is 14.0. The van der Waals surface area contributed by atoms with Crippen molar-refractivity contribution in [3.8, 4) is 17.2 Å². The fourth-order valence-electron chi connectivity index (χ4n) is 2.67. The van der Waals surface area contributed by atoms with Crippen LogP contribution in [0.3, 0.4) is 0 Å². The Morgan fingerprint density at radius 1 is 0.933 bits per heavy atom. The van der Waals surface area contributed by atoms with Crippen LogP contribution in [0, 0.1) is 0 Å². The summed E-state index contributed by atoms with van der Waals surface area (Å²) < 4.78 is 16.4. The number of ether oxygens (including phenoxy) is 3. The van der Waals surface area contributed by atoms with Crippen LogP contribution >= 0.6 is 24.0 Å². The number of hydrogen-bond donors (Lipinski definition) is 2. The van der Waals surface area contributed by atoms with Crippen molar-refractivity contribution < 1.29 is 14.2 Å². The van der Waals surface area contributed by atoms with E-state index in [1.807, 2.05) is 50.5 Å². The Bertz CT molecular complexity index is 800. The molecular formula is C22H33IN4O3. The molecular weight excluding hydrogens is 495 g/mol. The molecule has 0 aliphatic carbocycles. The monoisotopic (exact) mass is 528 g/mol. The number of rotatable bonds is 10. The van der Waals surface area contributed by atoms with Gasteiger partial charge in [0.1, 0.15) is 12.4 Å². The van der Waals surface area contributed by atoms with E-state index in [0.717, 1.165) is 29.4 Å². The van der Waals surface area contributed by atoms with Gasteiger partial charge in [-0.3, -0.25) is 4.99 Å². The molecule has 0 saturated carbocycles. The molecule has 7 nitrogen and oxygen atoms in total. The van der Waals surface area contributed by atoms with Crippen LogP contribution in [-0.4, -0.2) is 59.4 Å². The largest absolute Gasteiger partial charge is 0.493 e. The lowest BCUT2D eigenvalue weighted by molar-refractivity contribution is 0.261. The number of guanidine groups is 1. The zero-order valence-electron chi connectivity index (χ0n) is 18.4. The molecule has 0 atom stereocenters. The minimum absolute atomic E-state index is 0. The molecule has 2 N–H and O–H groups in total. The molecule has 0 heterocycles. The number of likely N-dealkylation sites (N-methyl/N-ethyl adjacent to an activating group) is 1. The Hall–Kier alpha value is -2.20. The van der Waals surface area contributed by atoms with Crippen LogP contribution in [0.15, 0.2) is 47.5 Å². The molecule has 8 heteroatoms. The van der Waals surface area contributed by atoms with Gasteiger partial charge < -0.3 is 29.7 Å². The number of nitrogens with zero attached hydrogens (tertiary/aromatic N) is 2. The average Bonchev–Trinajstić information content (AvgIpc) is 2.73. The first-order valence-electron chi connectivity index (χ1n) is 9.57. The minimum Gasteiger partial charge on any atom is -0.493 e. The number of methoxy groups -OCH3 is 2. The van der Waals surface area contributed by atoms with Gasteiger partial charge in [-0.25, -0.2) is 0 Å². The summed E-state index contributed by atoms with van der Waals surface area (Å²) in [5.74, 6) is 3.02. The van der Waals surface area contributed by atoms with E-state index in [-0.39, 0.29) is 24.0 Å². The predicted octanol–water partition coefficient (Wildman–Crippen LogP) is 3.13. The summed E-state index contributed by atoms with van der Waals surface area (Å²) in [5, 5.41) is 6.64. The SMILES string of the molecule is CN=C(NCc1cccc(OCCN(C)C)c1)NCc1ccc(OC)c(OC)c1.I. The summed E-state index contributed by atoms with van der Waals surface area (Å²) in [7, 11) is 9.08. The van der Waals surface area contributed by atoms with Crippen molar-refractivity contribution in [1.82, 2.24) is 15.5 Å². The predicted molar refractivity (Wildman–Crippen MR) is 132 cm³/mol. The Balaban J connectivity index is 0.00000450. The molecule has 2 aromatic carbocycles. The normalized spacial score (nSPS) is 10.9. The van der Waals surface area contributed by atoms with E-state index >= 15 is 0 Å². The lowest BCUT2D eigenvalue weighted by atomic mass is 10.2. The highest BCUT2D eigenvalue weighted by atomic mass is 127. The third kappa shape index (κ3) is 8.66. The van der Waals surface area contributed by atoms with Gasteiger partial charge in [0.2, 0.25) is 0 Å². The highest BCUT2D eigenvalue weighted by Crippen LogP contribution is 2.27. The van der Waals surface area contributed by atoms with Crippen molar-refractivity contribution in [1.29, 1.82) is 0 Å². The number of halogens is 1. The molecule has 0 aliphatic rings. The van der Waals surface area contributed by atoms with Crippen molar-refractivity contribution in [3.05, 3.63) is 53.6 Å². The summed E-state index contributed by atoms with van der Waals surface area (Å²) in [6.07, 6.45) is 0. The zero-order valence-corrected chi connectivity index (χ0v) is 20.7. The summed E-state index contributed by atoms with van der Waals surface area (Å²) in [5.41, 5.74) is 2.20. The van der Waals surface area contributed by atoms with Gasteiger partial charge in [0.05, 0.1) is 14.2 Å². The molecule has 2 rings (SSSR count). The smallest absolute Gasteiger partial charge is 0.191 e. The van der Waals surface area contributed by atoms with E-state index < -0.39 is 0 Å². The number of nitrogens with one attached hydrogen (secondary N) is 2. The number of hydrogen-bond acceptors (Lipinski definition) is 5. The maximum absolute atomic E-state index is 5.80. The highest BCUT2D eigenvalue weighted by Gasteiger charge is 2.06.